The van der Waals surface area contributed by atoms with Gasteiger partial charge in [0.05, 0.1) is 10.6 Å². The quantitative estimate of drug-likeness (QED) is 0.664. The summed E-state index contributed by atoms with van der Waals surface area (Å²) in [7, 11) is 0. The predicted molar refractivity (Wildman–Crippen MR) is 94.3 cm³/mol. The molecule has 0 amide bonds. The molecule has 5 N–H and O–H groups in total. The van der Waals surface area contributed by atoms with E-state index >= 15 is 0 Å². The number of nitrogen functional groups attached to an aromatic ring is 1. The van der Waals surface area contributed by atoms with Gasteiger partial charge in [-0.05, 0) is 43.0 Å². The van der Waals surface area contributed by atoms with Crippen molar-refractivity contribution in [3.63, 3.8) is 0 Å². The van der Waals surface area contributed by atoms with Crippen LogP contribution < -0.4 is 11.5 Å². The lowest BCUT2D eigenvalue weighted by Crippen LogP contribution is -2.29. The van der Waals surface area contributed by atoms with E-state index in [4.69, 9.17) is 11.5 Å². The van der Waals surface area contributed by atoms with E-state index in [0.29, 0.717) is 11.4 Å². The summed E-state index contributed by atoms with van der Waals surface area (Å²) in [6.45, 7) is 0. The molecule has 0 unspecified atom stereocenters. The van der Waals surface area contributed by atoms with Crippen LogP contribution in [0.3, 0.4) is 0 Å². The van der Waals surface area contributed by atoms with Crippen LogP contribution in [0, 0.1) is 11.3 Å². The number of hydrogen-bond acceptors (Lipinski definition) is 6. The van der Waals surface area contributed by atoms with Crippen LogP contribution in [0.5, 0.6) is 0 Å². The molecule has 4 rings (SSSR count). The number of hydrogen-bond donors (Lipinski definition) is 3. The number of nitrogens with zero attached hydrogens (tertiary/aromatic N) is 3. The number of fused-ring (bicyclic) bond motifs is 1. The molecule has 24 heavy (non-hydrogen) atoms. The number of H-pyrrole nitrogens is 1. The average molecular weight is 336 g/mol. The van der Waals surface area contributed by atoms with Crippen LogP contribution >= 0.6 is 11.3 Å². The molecule has 0 saturated carbocycles. The molecule has 3 aromatic rings. The third-order valence-corrected chi connectivity index (χ3v) is 5.50. The van der Waals surface area contributed by atoms with Crippen molar-refractivity contribution < 1.29 is 0 Å². The fraction of sp³-hybridized carbons (Fsp3) is 0.235. The molecule has 1 aliphatic rings. The molecule has 0 aromatic carbocycles. The molecule has 0 bridgehead atoms. The highest BCUT2D eigenvalue weighted by Gasteiger charge is 2.25. The Morgan fingerprint density at radius 2 is 2.12 bits per heavy atom. The highest BCUT2D eigenvalue weighted by Crippen LogP contribution is 2.40. The second-order valence-electron chi connectivity index (χ2n) is 5.92. The lowest BCUT2D eigenvalue weighted by Gasteiger charge is -2.24. The van der Waals surface area contributed by atoms with Crippen LogP contribution in [0.25, 0.3) is 21.0 Å². The second kappa shape index (κ2) is 5.74. The standard InChI is InChI=1S/C17H16N6S/c18-8-11-16(10-7-9(19)1-2-12(10)22-17(11)20)15-4-3-14(24-15)13-5-6-21-23-13/h3-6,9H,1-2,7,19H2,(H2,20,22)(H,21,23)/t9-/m1/s1. The van der Waals surface area contributed by atoms with Gasteiger partial charge < -0.3 is 11.5 Å². The van der Waals surface area contributed by atoms with Gasteiger partial charge in [-0.3, -0.25) is 5.10 Å². The first kappa shape index (κ1) is 14.9. The lowest BCUT2D eigenvalue weighted by atomic mass is 9.87. The average Bonchev–Trinajstić information content (AvgIpc) is 3.25. The first-order chi connectivity index (χ1) is 11.7. The largest absolute Gasteiger partial charge is 0.383 e. The monoisotopic (exact) mass is 336 g/mol. The number of nitrogens with one attached hydrogen (secondary N) is 1. The van der Waals surface area contributed by atoms with Gasteiger partial charge in [0.1, 0.15) is 17.5 Å². The Morgan fingerprint density at radius 3 is 2.88 bits per heavy atom. The fourth-order valence-corrected chi connectivity index (χ4v) is 4.26. The second-order valence-corrected chi connectivity index (χ2v) is 7.00. The van der Waals surface area contributed by atoms with Crippen LogP contribution in [-0.2, 0) is 12.8 Å². The minimum absolute atomic E-state index is 0.0975. The topological polar surface area (TPSA) is 117 Å². The van der Waals surface area contributed by atoms with E-state index in [1.165, 1.54) is 0 Å². The Morgan fingerprint density at radius 1 is 1.29 bits per heavy atom. The number of anilines is 1. The minimum atomic E-state index is 0.0975. The molecular weight excluding hydrogens is 320 g/mol. The molecule has 0 spiro atoms. The van der Waals surface area contributed by atoms with Gasteiger partial charge in [0.15, 0.2) is 0 Å². The van der Waals surface area contributed by atoms with Crippen LogP contribution in [0.15, 0.2) is 24.4 Å². The Labute approximate surface area is 143 Å². The summed E-state index contributed by atoms with van der Waals surface area (Å²) in [5.74, 6) is 0.304. The van der Waals surface area contributed by atoms with Crippen LogP contribution in [-0.4, -0.2) is 21.2 Å². The van der Waals surface area contributed by atoms with Crippen molar-refractivity contribution in [2.24, 2.45) is 5.73 Å². The van der Waals surface area contributed by atoms with E-state index < -0.39 is 0 Å². The molecule has 0 radical (unpaired) electrons. The molecular formula is C17H16N6S. The number of thiophene rings is 1. The summed E-state index contributed by atoms with van der Waals surface area (Å²) >= 11 is 1.61. The highest BCUT2D eigenvalue weighted by molar-refractivity contribution is 7.18. The van der Waals surface area contributed by atoms with Gasteiger partial charge in [-0.1, -0.05) is 0 Å². The van der Waals surface area contributed by atoms with Gasteiger partial charge in [-0.25, -0.2) is 4.98 Å². The molecule has 1 aliphatic carbocycles. The number of nitriles is 1. The SMILES string of the molecule is N#Cc1c(N)nc2c(c1-c1ccc(-c3ccn[nH]3)s1)C[C@H](N)CC2. The maximum Gasteiger partial charge on any atom is 0.142 e. The van der Waals surface area contributed by atoms with Crippen molar-refractivity contribution in [3.05, 3.63) is 41.2 Å². The molecule has 7 heteroatoms. The van der Waals surface area contributed by atoms with E-state index in [-0.39, 0.29) is 6.04 Å². The Bertz CT molecular complexity index is 935. The summed E-state index contributed by atoms with van der Waals surface area (Å²) in [5, 5.41) is 16.6. The molecule has 6 nitrogen and oxygen atoms in total. The smallest absolute Gasteiger partial charge is 0.142 e. The number of pyridine rings is 1. The lowest BCUT2D eigenvalue weighted by molar-refractivity contribution is 0.568. The fourth-order valence-electron chi connectivity index (χ4n) is 3.20. The normalized spacial score (nSPS) is 16.6. The molecule has 3 heterocycles. The third-order valence-electron chi connectivity index (χ3n) is 4.36. The maximum atomic E-state index is 9.61. The number of aromatic nitrogens is 3. The first-order valence-corrected chi connectivity index (χ1v) is 8.56. The zero-order valence-corrected chi connectivity index (χ0v) is 13.7. The van der Waals surface area contributed by atoms with Crippen LogP contribution in [0.1, 0.15) is 23.2 Å². The maximum absolute atomic E-state index is 9.61. The number of aryl methyl sites for hydroxylation is 1. The van der Waals surface area contributed by atoms with Gasteiger partial charge in [0, 0.05) is 28.4 Å². The summed E-state index contributed by atoms with van der Waals surface area (Å²) in [4.78, 5) is 6.53. The van der Waals surface area contributed by atoms with Crippen molar-refractivity contribution in [2.45, 2.75) is 25.3 Å². The van der Waals surface area contributed by atoms with Gasteiger partial charge in [0.2, 0.25) is 0 Å². The third kappa shape index (κ3) is 2.37. The summed E-state index contributed by atoms with van der Waals surface area (Å²) in [5.41, 5.74) is 16.5. The molecule has 0 aliphatic heterocycles. The van der Waals surface area contributed by atoms with Crippen LogP contribution in [0.4, 0.5) is 5.82 Å². The van der Waals surface area contributed by atoms with E-state index in [1.807, 2.05) is 18.2 Å². The van der Waals surface area contributed by atoms with E-state index in [9.17, 15) is 5.26 Å². The van der Waals surface area contributed by atoms with Crippen molar-refractivity contribution >= 4 is 17.2 Å². The number of nitrogens with two attached hydrogens (primary N) is 2. The Balaban J connectivity index is 1.91. The van der Waals surface area contributed by atoms with E-state index in [0.717, 1.165) is 51.5 Å². The molecule has 1 atom stereocenters. The molecule has 0 fully saturated rings. The van der Waals surface area contributed by atoms with Crippen molar-refractivity contribution in [2.75, 3.05) is 5.73 Å². The predicted octanol–water partition coefficient (Wildman–Crippen LogP) is 2.47. The first-order valence-electron chi connectivity index (χ1n) is 7.74. The molecule has 0 saturated heterocycles. The molecule has 120 valence electrons. The molecule has 3 aromatic heterocycles. The number of aromatic amines is 1. The zero-order valence-electron chi connectivity index (χ0n) is 12.9. The van der Waals surface area contributed by atoms with Gasteiger partial charge in [0.25, 0.3) is 0 Å². The Hall–Kier alpha value is -2.69. The summed E-state index contributed by atoms with van der Waals surface area (Å²) in [6.07, 6.45) is 4.15. The number of rotatable bonds is 2. The zero-order chi connectivity index (χ0) is 16.7. The summed E-state index contributed by atoms with van der Waals surface area (Å²) < 4.78 is 0. The highest BCUT2D eigenvalue weighted by atomic mass is 32.1. The van der Waals surface area contributed by atoms with Crippen molar-refractivity contribution in [3.8, 4) is 27.1 Å². The van der Waals surface area contributed by atoms with Gasteiger partial charge >= 0.3 is 0 Å². The van der Waals surface area contributed by atoms with Crippen molar-refractivity contribution in [1.82, 2.24) is 15.2 Å². The van der Waals surface area contributed by atoms with Gasteiger partial charge in [-0.15, -0.1) is 11.3 Å². The van der Waals surface area contributed by atoms with Gasteiger partial charge in [-0.2, -0.15) is 10.4 Å². The Kier molecular flexibility index (Phi) is 3.56. The minimum Gasteiger partial charge on any atom is -0.383 e. The van der Waals surface area contributed by atoms with E-state index in [2.05, 4.69) is 21.3 Å². The van der Waals surface area contributed by atoms with Crippen molar-refractivity contribution in [1.29, 1.82) is 5.26 Å². The van der Waals surface area contributed by atoms with E-state index in [1.54, 1.807) is 17.5 Å². The van der Waals surface area contributed by atoms with Crippen LogP contribution in [0.2, 0.25) is 0 Å². The summed E-state index contributed by atoms with van der Waals surface area (Å²) in [6, 6.07) is 8.30.